The minimum atomic E-state index is -1.06. The highest BCUT2D eigenvalue weighted by Gasteiger charge is 2.16. The van der Waals surface area contributed by atoms with E-state index in [1.165, 1.54) is 4.52 Å². The molecular weight excluding hydrogens is 258 g/mol. The van der Waals surface area contributed by atoms with Gasteiger partial charge in [-0.3, -0.25) is 0 Å². The average molecular weight is 269 g/mol. The number of rotatable bonds is 3. The molecule has 0 amide bonds. The van der Waals surface area contributed by atoms with Crippen molar-refractivity contribution in [1.29, 1.82) is 0 Å². The Morgan fingerprint density at radius 2 is 2.10 bits per heavy atom. The zero-order valence-electron chi connectivity index (χ0n) is 10.6. The van der Waals surface area contributed by atoms with E-state index in [1.807, 2.05) is 12.1 Å². The molecule has 3 aromatic heterocycles. The molecule has 7 heteroatoms. The van der Waals surface area contributed by atoms with Crippen molar-refractivity contribution in [1.82, 2.24) is 19.6 Å². The largest absolute Gasteiger partial charge is 0.476 e. The van der Waals surface area contributed by atoms with Crippen LogP contribution in [-0.4, -0.2) is 30.7 Å². The van der Waals surface area contributed by atoms with E-state index in [9.17, 15) is 9.90 Å². The van der Waals surface area contributed by atoms with Crippen molar-refractivity contribution in [3.8, 4) is 0 Å². The van der Waals surface area contributed by atoms with Gasteiger partial charge in [0.15, 0.2) is 17.2 Å². The highest BCUT2D eigenvalue weighted by atomic mass is 16.4. The molecule has 3 heterocycles. The summed E-state index contributed by atoms with van der Waals surface area (Å²) in [6.45, 7) is 1.64. The first kappa shape index (κ1) is 12.1. The molecular formula is C13H11N5O2. The molecule has 0 bridgehead atoms. The number of hydrogen-bond acceptors (Lipinski definition) is 5. The minimum Gasteiger partial charge on any atom is -0.476 e. The van der Waals surface area contributed by atoms with Gasteiger partial charge < -0.3 is 10.4 Å². The Morgan fingerprint density at radius 3 is 2.80 bits per heavy atom. The summed E-state index contributed by atoms with van der Waals surface area (Å²) >= 11 is 0. The molecule has 0 fully saturated rings. The Hall–Kier alpha value is -2.96. The summed E-state index contributed by atoms with van der Waals surface area (Å²) in [4.78, 5) is 19.5. The zero-order chi connectivity index (χ0) is 14.1. The second kappa shape index (κ2) is 4.61. The Kier molecular flexibility index (Phi) is 2.79. The Balaban J connectivity index is 2.06. The topological polar surface area (TPSA) is 92.4 Å². The minimum absolute atomic E-state index is 0.0599. The van der Waals surface area contributed by atoms with Gasteiger partial charge in [-0.1, -0.05) is 6.07 Å². The first-order chi connectivity index (χ1) is 9.65. The molecule has 0 unspecified atom stereocenters. The molecule has 0 aliphatic rings. The molecule has 7 nitrogen and oxygen atoms in total. The van der Waals surface area contributed by atoms with Crippen molar-refractivity contribution in [3.05, 3.63) is 47.9 Å². The number of aromatic nitrogens is 4. The van der Waals surface area contributed by atoms with Crippen LogP contribution < -0.4 is 5.32 Å². The van der Waals surface area contributed by atoms with Gasteiger partial charge in [0.25, 0.3) is 0 Å². The average Bonchev–Trinajstić information content (AvgIpc) is 2.75. The third-order valence-corrected chi connectivity index (χ3v) is 2.78. The van der Waals surface area contributed by atoms with Gasteiger partial charge in [0, 0.05) is 6.20 Å². The maximum Gasteiger partial charge on any atom is 0.356 e. The molecule has 100 valence electrons. The van der Waals surface area contributed by atoms with E-state index in [1.54, 1.807) is 31.3 Å². The monoisotopic (exact) mass is 269 g/mol. The molecule has 20 heavy (non-hydrogen) atoms. The van der Waals surface area contributed by atoms with Gasteiger partial charge in [0.05, 0.1) is 5.69 Å². The molecule has 0 aliphatic carbocycles. The summed E-state index contributed by atoms with van der Waals surface area (Å²) in [5, 5.41) is 16.4. The summed E-state index contributed by atoms with van der Waals surface area (Å²) in [6.07, 6.45) is 1.66. The van der Waals surface area contributed by atoms with Crippen LogP contribution >= 0.6 is 0 Å². The first-order valence-electron chi connectivity index (χ1n) is 5.93. The second-order valence-electron chi connectivity index (χ2n) is 4.18. The maximum absolute atomic E-state index is 11.2. The van der Waals surface area contributed by atoms with Gasteiger partial charge in [0.2, 0.25) is 0 Å². The molecule has 0 aliphatic heterocycles. The van der Waals surface area contributed by atoms with E-state index in [-0.39, 0.29) is 5.69 Å². The van der Waals surface area contributed by atoms with E-state index in [0.717, 1.165) is 0 Å². The van der Waals surface area contributed by atoms with Crippen molar-refractivity contribution in [2.75, 3.05) is 5.32 Å². The highest BCUT2D eigenvalue weighted by Crippen LogP contribution is 2.15. The third-order valence-electron chi connectivity index (χ3n) is 2.78. The third kappa shape index (κ3) is 2.05. The fourth-order valence-electron chi connectivity index (χ4n) is 1.92. The van der Waals surface area contributed by atoms with Gasteiger partial charge in [-0.25, -0.2) is 19.3 Å². The normalized spacial score (nSPS) is 10.7. The number of hydrogen-bond donors (Lipinski definition) is 2. The lowest BCUT2D eigenvalue weighted by Gasteiger charge is -2.04. The summed E-state index contributed by atoms with van der Waals surface area (Å²) in [5.74, 6) is 0.0710. The Bertz CT molecular complexity index is 782. The smallest absolute Gasteiger partial charge is 0.356 e. The highest BCUT2D eigenvalue weighted by molar-refractivity contribution is 5.88. The number of imidazole rings is 1. The number of pyridine rings is 1. The van der Waals surface area contributed by atoms with E-state index in [2.05, 4.69) is 20.4 Å². The zero-order valence-corrected chi connectivity index (χ0v) is 10.6. The van der Waals surface area contributed by atoms with Crippen molar-refractivity contribution < 1.29 is 9.90 Å². The van der Waals surface area contributed by atoms with Gasteiger partial charge in [-0.2, -0.15) is 0 Å². The number of nitrogens with one attached hydrogen (secondary N) is 1. The number of aromatic carboxylic acids is 1. The van der Waals surface area contributed by atoms with Gasteiger partial charge in [-0.05, 0) is 31.2 Å². The van der Waals surface area contributed by atoms with Gasteiger partial charge >= 0.3 is 5.97 Å². The van der Waals surface area contributed by atoms with Crippen LogP contribution in [0.15, 0.2) is 36.5 Å². The van der Waals surface area contributed by atoms with Crippen LogP contribution in [0, 0.1) is 6.92 Å². The molecule has 0 saturated heterocycles. The van der Waals surface area contributed by atoms with Crippen LogP contribution in [0.1, 0.15) is 16.2 Å². The van der Waals surface area contributed by atoms with Crippen molar-refractivity contribution in [2.24, 2.45) is 0 Å². The lowest BCUT2D eigenvalue weighted by Crippen LogP contribution is -2.07. The summed E-state index contributed by atoms with van der Waals surface area (Å²) < 4.78 is 1.31. The van der Waals surface area contributed by atoms with Crippen LogP contribution in [0.3, 0.4) is 0 Å². The molecule has 2 N–H and O–H groups in total. The Morgan fingerprint density at radius 1 is 1.25 bits per heavy atom. The van der Waals surface area contributed by atoms with Crippen molar-refractivity contribution in [2.45, 2.75) is 6.92 Å². The van der Waals surface area contributed by atoms with Crippen LogP contribution in [0.5, 0.6) is 0 Å². The molecule has 0 spiro atoms. The standard InChI is InChI=1S/C13H11N5O2/c1-8-12(13(19)20)18-11(15-8)6-5-10(17-18)16-9-4-2-3-7-14-9/h2-7H,1H3,(H,19,20)(H,14,16,17). The summed E-state index contributed by atoms with van der Waals surface area (Å²) in [6, 6.07) is 8.88. The second-order valence-corrected chi connectivity index (χ2v) is 4.18. The van der Waals surface area contributed by atoms with Crippen LogP contribution in [0.4, 0.5) is 11.6 Å². The molecule has 0 atom stereocenters. The number of carbonyl (C=O) groups is 1. The van der Waals surface area contributed by atoms with E-state index in [0.29, 0.717) is 23.0 Å². The fraction of sp³-hybridized carbons (Fsp3) is 0.0769. The van der Waals surface area contributed by atoms with E-state index >= 15 is 0 Å². The van der Waals surface area contributed by atoms with Gasteiger partial charge in [0.1, 0.15) is 5.82 Å². The summed E-state index contributed by atoms with van der Waals surface area (Å²) in [7, 11) is 0. The number of carboxylic acids is 1. The Labute approximate surface area is 113 Å². The molecule has 0 aromatic carbocycles. The molecule has 0 radical (unpaired) electrons. The number of anilines is 2. The lowest BCUT2D eigenvalue weighted by molar-refractivity contribution is 0.0687. The lowest BCUT2D eigenvalue weighted by atomic mass is 10.3. The van der Waals surface area contributed by atoms with Crippen molar-refractivity contribution in [3.63, 3.8) is 0 Å². The van der Waals surface area contributed by atoms with Crippen LogP contribution in [-0.2, 0) is 0 Å². The predicted molar refractivity (Wildman–Crippen MR) is 72.2 cm³/mol. The number of fused-ring (bicyclic) bond motifs is 1. The first-order valence-corrected chi connectivity index (χ1v) is 5.93. The van der Waals surface area contributed by atoms with E-state index in [4.69, 9.17) is 0 Å². The van der Waals surface area contributed by atoms with Crippen LogP contribution in [0.2, 0.25) is 0 Å². The van der Waals surface area contributed by atoms with Gasteiger partial charge in [-0.15, -0.1) is 5.10 Å². The number of nitrogens with zero attached hydrogens (tertiary/aromatic N) is 4. The molecule has 3 aromatic rings. The maximum atomic E-state index is 11.2. The fourth-order valence-corrected chi connectivity index (χ4v) is 1.92. The molecule has 3 rings (SSSR count). The summed E-state index contributed by atoms with van der Waals surface area (Å²) in [5.41, 5.74) is 0.983. The van der Waals surface area contributed by atoms with Crippen LogP contribution in [0.25, 0.3) is 5.65 Å². The number of carboxylic acid groups (broad SMARTS) is 1. The van der Waals surface area contributed by atoms with E-state index < -0.39 is 5.97 Å². The van der Waals surface area contributed by atoms with Crippen molar-refractivity contribution >= 4 is 23.3 Å². The quantitative estimate of drug-likeness (QED) is 0.754. The SMILES string of the molecule is Cc1nc2ccc(Nc3ccccn3)nn2c1C(=O)O. The predicted octanol–water partition coefficient (Wildman–Crippen LogP) is 1.87. The molecule has 0 saturated carbocycles. The number of aryl methyl sites for hydroxylation is 1.